The molecule has 0 aliphatic carbocycles. The van der Waals surface area contributed by atoms with E-state index < -0.39 is 0 Å². The first-order valence-electron chi connectivity index (χ1n) is 5.89. The van der Waals surface area contributed by atoms with Crippen LogP contribution in [-0.2, 0) is 13.1 Å². The number of hydrogen-bond donors (Lipinski definition) is 2. The summed E-state index contributed by atoms with van der Waals surface area (Å²) in [6.45, 7) is 2.65. The fraction of sp³-hybridized carbons (Fsp3) is 0.231. The van der Waals surface area contributed by atoms with Gasteiger partial charge in [0.25, 0.3) is 5.56 Å². The minimum Gasteiger partial charge on any atom is -0.508 e. The number of phenols is 1. The van der Waals surface area contributed by atoms with Gasteiger partial charge in [0.1, 0.15) is 10.8 Å². The molecule has 0 spiro atoms. The molecule has 0 aliphatic heterocycles. The number of aromatic nitrogens is 2. The van der Waals surface area contributed by atoms with Crippen LogP contribution in [0.2, 0.25) is 5.02 Å². The number of benzene rings is 1. The van der Waals surface area contributed by atoms with Crippen LogP contribution < -0.4 is 10.9 Å². The molecule has 0 fully saturated rings. The lowest BCUT2D eigenvalue weighted by Crippen LogP contribution is -2.23. The standard InChI is InChI=1S/C13H14ClN3O2/c1-2-17-13(19)12(14)10(8-16-17)15-7-9-5-3-4-6-11(9)18/h3-6,8,15,18H,2,7H2,1H3. The lowest BCUT2D eigenvalue weighted by atomic mass is 10.2. The zero-order valence-corrected chi connectivity index (χ0v) is 11.2. The summed E-state index contributed by atoms with van der Waals surface area (Å²) in [5, 5.41) is 16.7. The van der Waals surface area contributed by atoms with Gasteiger partial charge in [-0.1, -0.05) is 29.8 Å². The van der Waals surface area contributed by atoms with Crippen molar-refractivity contribution in [3.05, 3.63) is 51.4 Å². The van der Waals surface area contributed by atoms with Crippen molar-refractivity contribution in [2.24, 2.45) is 0 Å². The Morgan fingerprint density at radius 3 is 2.84 bits per heavy atom. The summed E-state index contributed by atoms with van der Waals surface area (Å²) >= 11 is 5.98. The van der Waals surface area contributed by atoms with E-state index in [1.54, 1.807) is 18.2 Å². The highest BCUT2D eigenvalue weighted by Gasteiger charge is 2.08. The minimum atomic E-state index is -0.327. The molecule has 0 saturated heterocycles. The number of anilines is 1. The van der Waals surface area contributed by atoms with E-state index in [-0.39, 0.29) is 16.3 Å². The maximum atomic E-state index is 11.8. The zero-order valence-electron chi connectivity index (χ0n) is 10.4. The molecule has 0 radical (unpaired) electrons. The molecule has 100 valence electrons. The number of para-hydroxylation sites is 1. The van der Waals surface area contributed by atoms with Crippen molar-refractivity contribution in [2.45, 2.75) is 20.0 Å². The first-order valence-corrected chi connectivity index (χ1v) is 6.27. The highest BCUT2D eigenvalue weighted by Crippen LogP contribution is 2.20. The van der Waals surface area contributed by atoms with E-state index in [0.29, 0.717) is 18.8 Å². The predicted molar refractivity (Wildman–Crippen MR) is 74.6 cm³/mol. The van der Waals surface area contributed by atoms with Gasteiger partial charge < -0.3 is 10.4 Å². The Morgan fingerprint density at radius 1 is 1.42 bits per heavy atom. The van der Waals surface area contributed by atoms with Crippen molar-refractivity contribution in [1.82, 2.24) is 9.78 Å². The second-order valence-electron chi connectivity index (χ2n) is 3.98. The smallest absolute Gasteiger partial charge is 0.287 e. The van der Waals surface area contributed by atoms with Crippen LogP contribution in [0.5, 0.6) is 5.75 Å². The fourth-order valence-electron chi connectivity index (χ4n) is 1.66. The number of aryl methyl sites for hydroxylation is 1. The van der Waals surface area contributed by atoms with Gasteiger partial charge in [-0.2, -0.15) is 5.10 Å². The lowest BCUT2D eigenvalue weighted by Gasteiger charge is -2.10. The summed E-state index contributed by atoms with van der Waals surface area (Å²) in [6, 6.07) is 6.96. The van der Waals surface area contributed by atoms with Crippen molar-refractivity contribution in [2.75, 3.05) is 5.32 Å². The van der Waals surface area contributed by atoms with E-state index in [9.17, 15) is 9.90 Å². The predicted octanol–water partition coefficient (Wildman–Crippen LogP) is 2.23. The first kappa shape index (κ1) is 13.4. The number of nitrogens with one attached hydrogen (secondary N) is 1. The van der Waals surface area contributed by atoms with E-state index in [4.69, 9.17) is 11.6 Å². The van der Waals surface area contributed by atoms with Crippen LogP contribution in [-0.4, -0.2) is 14.9 Å². The highest BCUT2D eigenvalue weighted by molar-refractivity contribution is 6.32. The lowest BCUT2D eigenvalue weighted by molar-refractivity contribution is 0.469. The first-order chi connectivity index (χ1) is 9.13. The summed E-state index contributed by atoms with van der Waals surface area (Å²) in [7, 11) is 0. The Labute approximate surface area is 115 Å². The zero-order chi connectivity index (χ0) is 13.8. The van der Waals surface area contributed by atoms with Crippen molar-refractivity contribution in [3.8, 4) is 5.75 Å². The van der Waals surface area contributed by atoms with Gasteiger partial charge in [0.2, 0.25) is 0 Å². The van der Waals surface area contributed by atoms with Crippen LogP contribution in [0.3, 0.4) is 0 Å². The van der Waals surface area contributed by atoms with Crippen molar-refractivity contribution < 1.29 is 5.11 Å². The van der Waals surface area contributed by atoms with E-state index in [1.807, 2.05) is 13.0 Å². The number of hydrogen-bond acceptors (Lipinski definition) is 4. The number of phenolic OH excluding ortho intramolecular Hbond substituents is 1. The molecule has 1 aromatic heterocycles. The van der Waals surface area contributed by atoms with Crippen LogP contribution in [0.4, 0.5) is 5.69 Å². The van der Waals surface area contributed by atoms with E-state index in [2.05, 4.69) is 10.4 Å². The molecule has 2 N–H and O–H groups in total. The third-order valence-corrected chi connectivity index (χ3v) is 3.11. The Bertz CT molecular complexity index is 640. The van der Waals surface area contributed by atoms with Crippen LogP contribution in [0.1, 0.15) is 12.5 Å². The summed E-state index contributed by atoms with van der Waals surface area (Å²) in [5.74, 6) is 0.195. The molecular weight excluding hydrogens is 266 g/mol. The Morgan fingerprint density at radius 2 is 2.16 bits per heavy atom. The van der Waals surface area contributed by atoms with Gasteiger partial charge in [-0.05, 0) is 13.0 Å². The quantitative estimate of drug-likeness (QED) is 0.901. The van der Waals surface area contributed by atoms with Gasteiger partial charge in [-0.25, -0.2) is 4.68 Å². The second kappa shape index (κ2) is 5.75. The minimum absolute atomic E-state index is 0.104. The monoisotopic (exact) mass is 279 g/mol. The molecule has 0 unspecified atom stereocenters. The van der Waals surface area contributed by atoms with E-state index >= 15 is 0 Å². The van der Waals surface area contributed by atoms with Gasteiger partial charge in [0.05, 0.1) is 11.9 Å². The molecule has 5 nitrogen and oxygen atoms in total. The topological polar surface area (TPSA) is 67.2 Å². The molecule has 2 rings (SSSR count). The van der Waals surface area contributed by atoms with E-state index in [1.165, 1.54) is 10.9 Å². The molecule has 0 aliphatic rings. The molecule has 19 heavy (non-hydrogen) atoms. The van der Waals surface area contributed by atoms with E-state index in [0.717, 1.165) is 5.56 Å². The number of nitrogens with zero attached hydrogens (tertiary/aromatic N) is 2. The largest absolute Gasteiger partial charge is 0.508 e. The van der Waals surface area contributed by atoms with Gasteiger partial charge in [0, 0.05) is 18.7 Å². The fourth-order valence-corrected chi connectivity index (χ4v) is 1.88. The van der Waals surface area contributed by atoms with Gasteiger partial charge in [0.15, 0.2) is 0 Å². The molecular formula is C13H14ClN3O2. The molecule has 0 saturated carbocycles. The maximum absolute atomic E-state index is 11.8. The summed E-state index contributed by atoms with van der Waals surface area (Å²) in [6.07, 6.45) is 1.51. The van der Waals surface area contributed by atoms with Crippen molar-refractivity contribution in [1.29, 1.82) is 0 Å². The molecule has 0 bridgehead atoms. The van der Waals surface area contributed by atoms with Crippen molar-refractivity contribution in [3.63, 3.8) is 0 Å². The molecule has 1 heterocycles. The average molecular weight is 280 g/mol. The second-order valence-corrected chi connectivity index (χ2v) is 4.35. The molecule has 0 atom stereocenters. The van der Waals surface area contributed by atoms with Crippen LogP contribution in [0, 0.1) is 0 Å². The van der Waals surface area contributed by atoms with Gasteiger partial charge in [-0.3, -0.25) is 4.79 Å². The van der Waals surface area contributed by atoms with Crippen LogP contribution in [0.15, 0.2) is 35.3 Å². The summed E-state index contributed by atoms with van der Waals surface area (Å²) < 4.78 is 1.29. The molecule has 6 heteroatoms. The van der Waals surface area contributed by atoms with Crippen LogP contribution in [0.25, 0.3) is 0 Å². The Kier molecular flexibility index (Phi) is 4.06. The number of aromatic hydroxyl groups is 1. The SMILES string of the molecule is CCn1ncc(NCc2ccccc2O)c(Cl)c1=O. The van der Waals surface area contributed by atoms with Gasteiger partial charge >= 0.3 is 0 Å². The third-order valence-electron chi connectivity index (χ3n) is 2.75. The number of rotatable bonds is 4. The van der Waals surface area contributed by atoms with Crippen LogP contribution >= 0.6 is 11.6 Å². The Hall–Kier alpha value is -2.01. The van der Waals surface area contributed by atoms with Gasteiger partial charge in [-0.15, -0.1) is 0 Å². The molecule has 0 amide bonds. The highest BCUT2D eigenvalue weighted by atomic mass is 35.5. The number of halogens is 1. The Balaban J connectivity index is 2.19. The molecule has 2 aromatic rings. The average Bonchev–Trinajstić information content (AvgIpc) is 2.42. The molecule has 1 aromatic carbocycles. The summed E-state index contributed by atoms with van der Waals surface area (Å²) in [4.78, 5) is 11.8. The van der Waals surface area contributed by atoms with Crippen molar-refractivity contribution >= 4 is 17.3 Å². The summed E-state index contributed by atoms with van der Waals surface area (Å²) in [5.41, 5.74) is 0.851. The maximum Gasteiger partial charge on any atom is 0.287 e. The normalized spacial score (nSPS) is 10.4. The third kappa shape index (κ3) is 2.88.